The van der Waals surface area contributed by atoms with Gasteiger partial charge in [-0.05, 0) is 29.5 Å². The smallest absolute Gasteiger partial charge is 0.261 e. The lowest BCUT2D eigenvalue weighted by atomic mass is 10.2. The van der Waals surface area contributed by atoms with Crippen molar-refractivity contribution in [2.75, 3.05) is 120 Å². The van der Waals surface area contributed by atoms with Crippen LogP contribution in [0.3, 0.4) is 0 Å². The van der Waals surface area contributed by atoms with Gasteiger partial charge in [-0.2, -0.15) is 0 Å². The Kier molecular flexibility index (Phi) is 20.6. The predicted molar refractivity (Wildman–Crippen MR) is 178 cm³/mol. The third-order valence-corrected chi connectivity index (χ3v) is 11.9. The molecule has 0 bridgehead atoms. The lowest BCUT2D eigenvalue weighted by molar-refractivity contribution is -0.0215. The summed E-state index contributed by atoms with van der Waals surface area (Å²) in [6, 6.07) is 21.3. The maximum Gasteiger partial charge on any atom is 0.261 e. The first kappa shape index (κ1) is 38.5. The standard InChI is InChI=1S/C34H57NO8Si/c1-34(2,3)44(32-12-8-6-9-13-32,33-14-10-7-11-15-33)43-31-30-42-29-28-41-27-26-40-25-24-39-23-22-38-21-20-37-19-18-36-17-16-35(4)5/h6-15H,16-31H2,1-5H3. The van der Waals surface area contributed by atoms with Crippen molar-refractivity contribution in [3.8, 4) is 0 Å². The number of rotatable bonds is 27. The third kappa shape index (κ3) is 15.5. The van der Waals surface area contributed by atoms with Crippen molar-refractivity contribution in [2.45, 2.75) is 25.8 Å². The Morgan fingerprint density at radius 2 is 0.750 bits per heavy atom. The summed E-state index contributed by atoms with van der Waals surface area (Å²) >= 11 is 0. The van der Waals surface area contributed by atoms with Crippen molar-refractivity contribution >= 4 is 18.7 Å². The Labute approximate surface area is 267 Å². The lowest BCUT2D eigenvalue weighted by Gasteiger charge is -2.43. The van der Waals surface area contributed by atoms with E-state index in [4.69, 9.17) is 37.6 Å². The molecule has 2 rings (SSSR count). The fraction of sp³-hybridized carbons (Fsp3) is 0.647. The second-order valence-corrected chi connectivity index (χ2v) is 15.9. The summed E-state index contributed by atoms with van der Waals surface area (Å²) < 4.78 is 45.8. The van der Waals surface area contributed by atoms with Crippen LogP contribution in [0.1, 0.15) is 20.8 Å². The molecule has 0 radical (unpaired) electrons. The van der Waals surface area contributed by atoms with Gasteiger partial charge in [-0.15, -0.1) is 0 Å². The molecule has 10 heteroatoms. The highest BCUT2D eigenvalue weighted by atomic mass is 28.4. The van der Waals surface area contributed by atoms with Gasteiger partial charge in [-0.25, -0.2) is 0 Å². The first-order chi connectivity index (χ1) is 21.4. The van der Waals surface area contributed by atoms with E-state index in [-0.39, 0.29) is 5.04 Å². The minimum absolute atomic E-state index is 0.0470. The van der Waals surface area contributed by atoms with E-state index in [9.17, 15) is 0 Å². The van der Waals surface area contributed by atoms with Crippen LogP contribution >= 0.6 is 0 Å². The Hall–Kier alpha value is -1.70. The van der Waals surface area contributed by atoms with E-state index >= 15 is 0 Å². The van der Waals surface area contributed by atoms with Crippen molar-refractivity contribution in [1.82, 2.24) is 4.90 Å². The third-order valence-electron chi connectivity index (χ3n) is 6.88. The quantitative estimate of drug-likeness (QED) is 0.109. The van der Waals surface area contributed by atoms with E-state index in [1.807, 2.05) is 14.1 Å². The first-order valence-corrected chi connectivity index (χ1v) is 17.7. The van der Waals surface area contributed by atoms with Crippen molar-refractivity contribution in [2.24, 2.45) is 0 Å². The molecule has 0 unspecified atom stereocenters. The molecule has 0 N–H and O–H groups in total. The number of benzene rings is 2. The fourth-order valence-electron chi connectivity index (χ4n) is 4.68. The number of hydrogen-bond acceptors (Lipinski definition) is 9. The number of likely N-dealkylation sites (N-methyl/N-ethyl adjacent to an activating group) is 1. The first-order valence-electron chi connectivity index (χ1n) is 15.8. The van der Waals surface area contributed by atoms with Gasteiger partial charge >= 0.3 is 0 Å². The van der Waals surface area contributed by atoms with E-state index < -0.39 is 8.32 Å². The molecule has 9 nitrogen and oxygen atoms in total. The van der Waals surface area contributed by atoms with E-state index in [0.29, 0.717) is 92.5 Å². The van der Waals surface area contributed by atoms with Gasteiger partial charge in [0.15, 0.2) is 0 Å². The zero-order valence-corrected chi connectivity index (χ0v) is 28.8. The molecule has 0 heterocycles. The van der Waals surface area contributed by atoms with Gasteiger partial charge < -0.3 is 42.5 Å². The van der Waals surface area contributed by atoms with Crippen LogP contribution in [0.15, 0.2) is 60.7 Å². The molecule has 0 aliphatic rings. The summed E-state index contributed by atoms with van der Waals surface area (Å²) in [5, 5.41) is 2.50. The molecule has 0 aliphatic carbocycles. The summed E-state index contributed by atoms with van der Waals surface area (Å²) in [5.74, 6) is 0. The van der Waals surface area contributed by atoms with Crippen LogP contribution in [0.5, 0.6) is 0 Å². The maximum atomic E-state index is 6.84. The molecule has 0 fully saturated rings. The second kappa shape index (κ2) is 23.6. The minimum atomic E-state index is -2.52. The van der Waals surface area contributed by atoms with Crippen molar-refractivity contribution in [3.05, 3.63) is 60.7 Å². The maximum absolute atomic E-state index is 6.84. The van der Waals surface area contributed by atoms with Crippen molar-refractivity contribution < 1.29 is 37.6 Å². The Morgan fingerprint density at radius 3 is 1.05 bits per heavy atom. The zero-order valence-electron chi connectivity index (χ0n) is 27.8. The highest BCUT2D eigenvalue weighted by molar-refractivity contribution is 6.99. The van der Waals surface area contributed by atoms with Gasteiger partial charge in [0, 0.05) is 6.54 Å². The van der Waals surface area contributed by atoms with Crippen LogP contribution in [-0.4, -0.2) is 133 Å². The fourth-order valence-corrected chi connectivity index (χ4v) is 9.23. The number of ether oxygens (including phenoxy) is 7. The summed E-state index contributed by atoms with van der Waals surface area (Å²) in [7, 11) is 1.53. The average Bonchev–Trinajstić information content (AvgIpc) is 3.01. The van der Waals surface area contributed by atoms with Gasteiger partial charge in [-0.1, -0.05) is 81.4 Å². The molecule has 0 aliphatic heterocycles. The molecule has 44 heavy (non-hydrogen) atoms. The Bertz CT molecular complexity index is 890. The summed E-state index contributed by atoms with van der Waals surface area (Å²) in [4.78, 5) is 2.09. The highest BCUT2D eigenvalue weighted by Gasteiger charge is 2.49. The van der Waals surface area contributed by atoms with Gasteiger partial charge in [0.25, 0.3) is 8.32 Å². The Balaban J connectivity index is 1.44. The van der Waals surface area contributed by atoms with Crippen LogP contribution in [-0.2, 0) is 37.6 Å². The largest absolute Gasteiger partial charge is 0.405 e. The molecule has 0 amide bonds. The number of nitrogens with zero attached hydrogens (tertiary/aromatic N) is 1. The van der Waals surface area contributed by atoms with Gasteiger partial charge in [0.05, 0.1) is 99.1 Å². The van der Waals surface area contributed by atoms with Crippen LogP contribution in [0.25, 0.3) is 0 Å². The lowest BCUT2D eigenvalue weighted by Crippen LogP contribution is -2.66. The molecule has 0 saturated carbocycles. The minimum Gasteiger partial charge on any atom is -0.405 e. The van der Waals surface area contributed by atoms with Gasteiger partial charge in [-0.3, -0.25) is 0 Å². The van der Waals surface area contributed by atoms with Crippen LogP contribution < -0.4 is 10.4 Å². The summed E-state index contributed by atoms with van der Waals surface area (Å²) in [6.07, 6.45) is 0. The van der Waals surface area contributed by atoms with E-state index in [1.54, 1.807) is 0 Å². The Morgan fingerprint density at radius 1 is 0.455 bits per heavy atom. The van der Waals surface area contributed by atoms with E-state index in [0.717, 1.165) is 13.2 Å². The van der Waals surface area contributed by atoms with Gasteiger partial charge in [0.2, 0.25) is 0 Å². The molecule has 250 valence electrons. The van der Waals surface area contributed by atoms with Crippen LogP contribution in [0.2, 0.25) is 5.04 Å². The molecule has 0 aromatic heterocycles. The molecule has 0 atom stereocenters. The highest BCUT2D eigenvalue weighted by Crippen LogP contribution is 2.36. The monoisotopic (exact) mass is 635 g/mol. The zero-order chi connectivity index (χ0) is 31.8. The van der Waals surface area contributed by atoms with E-state index in [2.05, 4.69) is 86.3 Å². The average molecular weight is 636 g/mol. The molecule has 2 aromatic carbocycles. The molecule has 0 spiro atoms. The van der Waals surface area contributed by atoms with Crippen molar-refractivity contribution in [1.29, 1.82) is 0 Å². The van der Waals surface area contributed by atoms with Crippen molar-refractivity contribution in [3.63, 3.8) is 0 Å². The SMILES string of the molecule is CN(C)CCOCCOCCOCCOCCOCCOCCOCCO[Si](c1ccccc1)(c1ccccc1)C(C)(C)C. The summed E-state index contributed by atoms with van der Waals surface area (Å²) in [5.41, 5.74) is 0. The van der Waals surface area contributed by atoms with Gasteiger partial charge in [0.1, 0.15) is 0 Å². The van der Waals surface area contributed by atoms with Crippen LogP contribution in [0.4, 0.5) is 0 Å². The van der Waals surface area contributed by atoms with E-state index in [1.165, 1.54) is 10.4 Å². The second-order valence-electron chi connectivity index (χ2n) is 11.6. The normalized spacial score (nSPS) is 12.3. The molecular weight excluding hydrogens is 578 g/mol. The molecular formula is C34H57NO8Si. The van der Waals surface area contributed by atoms with Crippen LogP contribution in [0, 0.1) is 0 Å². The topological polar surface area (TPSA) is 77.1 Å². The summed E-state index contributed by atoms with van der Waals surface area (Å²) in [6.45, 7) is 16.0. The number of hydrogen-bond donors (Lipinski definition) is 0. The molecule has 2 aromatic rings. The predicted octanol–water partition coefficient (Wildman–Crippen LogP) is 3.24. The molecule has 0 saturated heterocycles.